The first-order chi connectivity index (χ1) is 25.6. The van der Waals surface area contributed by atoms with E-state index in [0.29, 0.717) is 68.4 Å². The molecule has 2 aromatic rings. The van der Waals surface area contributed by atoms with Crippen LogP contribution in [0, 0.1) is 0 Å². The molecular weight excluding hydrogens is 652 g/mol. The zero-order chi connectivity index (χ0) is 37.7. The molecule has 0 heterocycles. The minimum Gasteiger partial charge on any atom is -0.489 e. The van der Waals surface area contributed by atoms with E-state index >= 15 is 4.79 Å². The highest BCUT2D eigenvalue weighted by Crippen LogP contribution is 2.55. The molecule has 0 bridgehead atoms. The van der Waals surface area contributed by atoms with E-state index in [1.54, 1.807) is 0 Å². The summed E-state index contributed by atoms with van der Waals surface area (Å²) in [6, 6.07) is 9.85. The number of unbranched alkanes of at least 4 members (excludes halogenated alkanes) is 12. The average Bonchev–Trinajstić information content (AvgIpc) is 3.16. The van der Waals surface area contributed by atoms with Crippen LogP contribution in [0.1, 0.15) is 173 Å². The zero-order valence-corrected chi connectivity index (χ0v) is 33.8. The van der Waals surface area contributed by atoms with Gasteiger partial charge in [-0.3, -0.25) is 4.79 Å². The van der Waals surface area contributed by atoms with Crippen LogP contribution in [-0.2, 0) is 4.74 Å². The molecule has 7 nitrogen and oxygen atoms in total. The molecule has 7 heteroatoms. The fourth-order valence-corrected chi connectivity index (χ4v) is 5.68. The van der Waals surface area contributed by atoms with Crippen molar-refractivity contribution in [2.24, 2.45) is 0 Å². The van der Waals surface area contributed by atoms with E-state index in [1.165, 1.54) is 0 Å². The second-order valence-corrected chi connectivity index (χ2v) is 13.6. The van der Waals surface area contributed by atoms with E-state index in [4.69, 9.17) is 28.4 Å². The second-order valence-electron chi connectivity index (χ2n) is 13.6. The van der Waals surface area contributed by atoms with Crippen molar-refractivity contribution >= 4 is 11.9 Å². The highest BCUT2D eigenvalue weighted by Gasteiger charge is 2.35. The van der Waals surface area contributed by atoms with Gasteiger partial charge in [0.25, 0.3) is 0 Å². The number of ketones is 1. The summed E-state index contributed by atoms with van der Waals surface area (Å²) in [6.07, 6.45) is 19.5. The normalized spacial score (nSPS) is 11.4. The lowest BCUT2D eigenvalue weighted by Crippen LogP contribution is -2.17. The molecule has 2 rings (SSSR count). The molecule has 2 aromatic carbocycles. The van der Waals surface area contributed by atoms with Crippen LogP contribution in [0.2, 0.25) is 0 Å². The van der Waals surface area contributed by atoms with Crippen LogP contribution in [-0.4, -0.2) is 45.4 Å². The molecule has 0 saturated carbocycles. The lowest BCUT2D eigenvalue weighted by atomic mass is 10.0. The maximum atomic E-state index is 15.2. The maximum absolute atomic E-state index is 15.2. The molecular formula is C45H72O7. The van der Waals surface area contributed by atoms with Crippen molar-refractivity contribution in [3.63, 3.8) is 0 Å². The highest BCUT2D eigenvalue weighted by atomic mass is 16.6. The Bertz CT molecular complexity index is 1190. The van der Waals surface area contributed by atoms with Crippen molar-refractivity contribution in [1.29, 1.82) is 0 Å². The van der Waals surface area contributed by atoms with Crippen LogP contribution in [0.5, 0.6) is 28.7 Å². The number of allylic oxidation sites excluding steroid dienone is 1. The monoisotopic (exact) mass is 725 g/mol. The number of hydrogen-bond donors (Lipinski definition) is 0. The Morgan fingerprint density at radius 1 is 0.442 bits per heavy atom. The topological polar surface area (TPSA) is 72.5 Å². The van der Waals surface area contributed by atoms with Crippen molar-refractivity contribution in [2.45, 2.75) is 157 Å². The number of carbonyl (C=O) groups excluding carboxylic acids is 1. The summed E-state index contributed by atoms with van der Waals surface area (Å²) in [6.45, 7) is 15.7. The van der Waals surface area contributed by atoms with Crippen LogP contribution in [0.15, 0.2) is 36.1 Å². The number of ether oxygens (including phenoxy) is 6. The average molecular weight is 725 g/mol. The van der Waals surface area contributed by atoms with Crippen molar-refractivity contribution in [2.75, 3.05) is 39.6 Å². The van der Waals surface area contributed by atoms with E-state index in [1.807, 2.05) is 36.4 Å². The molecule has 52 heavy (non-hydrogen) atoms. The van der Waals surface area contributed by atoms with Gasteiger partial charge < -0.3 is 28.4 Å². The molecule has 0 radical (unpaired) electrons. The molecule has 294 valence electrons. The van der Waals surface area contributed by atoms with Crippen LogP contribution in [0.4, 0.5) is 0 Å². The highest BCUT2D eigenvalue weighted by molar-refractivity contribution is 6.14. The Balaban J connectivity index is 2.97. The molecule has 0 aliphatic carbocycles. The largest absolute Gasteiger partial charge is 0.489 e. The van der Waals surface area contributed by atoms with Crippen LogP contribution >= 0.6 is 0 Å². The molecule has 0 atom stereocenters. The summed E-state index contributed by atoms with van der Waals surface area (Å²) in [5, 5.41) is 0. The lowest BCUT2D eigenvalue weighted by Gasteiger charge is -2.26. The summed E-state index contributed by atoms with van der Waals surface area (Å²) < 4.78 is 39.7. The maximum Gasteiger partial charge on any atom is 0.235 e. The van der Waals surface area contributed by atoms with Crippen molar-refractivity contribution in [3.8, 4) is 28.7 Å². The Hall–Kier alpha value is -3.35. The van der Waals surface area contributed by atoms with Gasteiger partial charge in [-0.25, -0.2) is 0 Å². The Morgan fingerprint density at radius 2 is 0.769 bits per heavy atom. The summed E-state index contributed by atoms with van der Waals surface area (Å²) >= 11 is 0. The Morgan fingerprint density at radius 3 is 1.13 bits per heavy atom. The lowest BCUT2D eigenvalue weighted by molar-refractivity contribution is 0.0907. The first-order valence-electron chi connectivity index (χ1n) is 20.9. The van der Waals surface area contributed by atoms with Gasteiger partial charge in [0.15, 0.2) is 17.3 Å². The Labute approximate surface area is 317 Å². The van der Waals surface area contributed by atoms with Gasteiger partial charge in [-0.05, 0) is 50.2 Å². The molecule has 0 fully saturated rings. The molecule has 0 unspecified atom stereocenters. The summed E-state index contributed by atoms with van der Waals surface area (Å²) in [4.78, 5) is 15.2. The zero-order valence-electron chi connectivity index (χ0n) is 33.8. The third-order valence-corrected chi connectivity index (χ3v) is 8.80. The Kier molecular flexibility index (Phi) is 25.1. The number of Topliss-reactive ketones (excluding diaryl/α,β-unsaturated/α-hetero) is 1. The third kappa shape index (κ3) is 16.5. The van der Waals surface area contributed by atoms with Gasteiger partial charge in [-0.1, -0.05) is 149 Å². The first-order valence-corrected chi connectivity index (χ1v) is 20.9. The minimum absolute atomic E-state index is 0.240. The predicted molar refractivity (Wildman–Crippen MR) is 216 cm³/mol. The van der Waals surface area contributed by atoms with Gasteiger partial charge in [0.05, 0.1) is 39.6 Å². The van der Waals surface area contributed by atoms with E-state index in [2.05, 4.69) is 41.5 Å². The molecule has 0 aliphatic heterocycles. The van der Waals surface area contributed by atoms with Gasteiger partial charge in [0.1, 0.15) is 5.56 Å². The van der Waals surface area contributed by atoms with E-state index in [9.17, 15) is 0 Å². The summed E-state index contributed by atoms with van der Waals surface area (Å²) in [5.74, 6) is 1.94. The van der Waals surface area contributed by atoms with Gasteiger partial charge in [0, 0.05) is 0 Å². The van der Waals surface area contributed by atoms with Crippen LogP contribution in [0.25, 0.3) is 6.08 Å². The van der Waals surface area contributed by atoms with Gasteiger partial charge >= 0.3 is 0 Å². The summed E-state index contributed by atoms with van der Waals surface area (Å²) in [7, 11) is 0. The second kappa shape index (κ2) is 29.1. The van der Waals surface area contributed by atoms with Crippen molar-refractivity contribution in [3.05, 3.63) is 47.2 Å². The minimum atomic E-state index is -0.314. The molecule has 0 amide bonds. The molecule has 0 N–H and O–H groups in total. The van der Waals surface area contributed by atoms with Crippen LogP contribution in [0.3, 0.4) is 0 Å². The summed E-state index contributed by atoms with van der Waals surface area (Å²) in [5.41, 5.74) is 1.16. The van der Waals surface area contributed by atoms with Crippen molar-refractivity contribution < 1.29 is 33.2 Å². The third-order valence-electron chi connectivity index (χ3n) is 8.80. The first kappa shape index (κ1) is 44.8. The number of benzene rings is 2. The number of hydrogen-bond acceptors (Lipinski definition) is 7. The molecule has 0 aromatic heterocycles. The van der Waals surface area contributed by atoms with Gasteiger partial charge in [-0.15, -0.1) is 0 Å². The predicted octanol–water partition coefficient (Wildman–Crippen LogP) is 13.0. The standard InChI is InChI=1S/C45H72O7/c1-7-13-22-30-47-38(36-37-28-20-19-21-29-37)40(46)39-41(48-31-23-14-8-2)43(50-33-25-16-10-4)45(52-35-27-18-12-6)44(51-34-26-17-11-5)42(39)49-32-24-15-9-3/h19-21,28-29,36H,7-18,22-27,30-35H2,1-6H3. The fourth-order valence-electron chi connectivity index (χ4n) is 5.68. The number of carbonyl (C=O) groups is 1. The number of rotatable bonds is 33. The van der Waals surface area contributed by atoms with E-state index in [-0.39, 0.29) is 17.1 Å². The molecule has 0 spiro atoms. The van der Waals surface area contributed by atoms with Crippen LogP contribution < -0.4 is 23.7 Å². The smallest absolute Gasteiger partial charge is 0.235 e. The molecule has 0 aliphatic rings. The fraction of sp³-hybridized carbons (Fsp3) is 0.667. The van der Waals surface area contributed by atoms with Gasteiger partial charge in [-0.2, -0.15) is 0 Å². The van der Waals surface area contributed by atoms with Gasteiger partial charge in [0.2, 0.25) is 23.0 Å². The van der Waals surface area contributed by atoms with Crippen molar-refractivity contribution in [1.82, 2.24) is 0 Å². The van der Waals surface area contributed by atoms with E-state index in [0.717, 1.165) is 121 Å². The van der Waals surface area contributed by atoms with E-state index < -0.39 is 0 Å². The SMILES string of the molecule is CCCCCOC(=Cc1ccccc1)C(=O)c1c(OCCCCC)c(OCCCCC)c(OCCCCC)c(OCCCCC)c1OCCCCC. The molecule has 0 saturated heterocycles. The quantitative estimate of drug-likeness (QED) is 0.0314.